The quantitative estimate of drug-likeness (QED) is 0.617. The first kappa shape index (κ1) is 17.0. The van der Waals surface area contributed by atoms with E-state index in [4.69, 9.17) is 0 Å². The van der Waals surface area contributed by atoms with Crippen molar-refractivity contribution in [2.24, 2.45) is 0 Å². The van der Waals surface area contributed by atoms with Gasteiger partial charge in [0.2, 0.25) is 5.91 Å². The normalized spacial score (nSPS) is 15.8. The van der Waals surface area contributed by atoms with Crippen LogP contribution in [0, 0.1) is 0 Å². The van der Waals surface area contributed by atoms with Gasteiger partial charge in [-0.3, -0.25) is 14.2 Å². The van der Waals surface area contributed by atoms with Gasteiger partial charge in [-0.25, -0.2) is 4.98 Å². The van der Waals surface area contributed by atoms with Gasteiger partial charge in [0.05, 0.1) is 16.7 Å². The maximum absolute atomic E-state index is 12.9. The van der Waals surface area contributed by atoms with Crippen molar-refractivity contribution in [2.45, 2.75) is 44.3 Å². The third-order valence-corrected chi connectivity index (χ3v) is 5.53. The van der Waals surface area contributed by atoms with Crippen molar-refractivity contribution in [1.29, 1.82) is 0 Å². The Hall–Kier alpha value is -1.82. The molecular formula is C18H23N3O2S. The molecule has 1 aliphatic rings. The van der Waals surface area contributed by atoms with Crippen LogP contribution in [0.4, 0.5) is 0 Å². The van der Waals surface area contributed by atoms with E-state index < -0.39 is 0 Å². The molecule has 0 N–H and O–H groups in total. The van der Waals surface area contributed by atoms with Crippen LogP contribution in [0.2, 0.25) is 0 Å². The Morgan fingerprint density at radius 1 is 1.29 bits per heavy atom. The summed E-state index contributed by atoms with van der Waals surface area (Å²) in [6.07, 6.45) is 3.01. The minimum atomic E-state index is -0.0222. The maximum atomic E-state index is 12.9. The molecule has 0 bridgehead atoms. The van der Waals surface area contributed by atoms with Crippen LogP contribution in [0.15, 0.2) is 34.2 Å². The number of carbonyl (C=O) groups is 1. The molecule has 0 unspecified atom stereocenters. The van der Waals surface area contributed by atoms with E-state index in [9.17, 15) is 9.59 Å². The van der Waals surface area contributed by atoms with Gasteiger partial charge in [0.15, 0.2) is 5.16 Å². The zero-order valence-corrected chi connectivity index (χ0v) is 15.0. The topological polar surface area (TPSA) is 55.2 Å². The van der Waals surface area contributed by atoms with Crippen LogP contribution in [-0.4, -0.2) is 39.2 Å². The molecule has 1 amide bonds. The molecule has 1 saturated heterocycles. The zero-order valence-electron chi connectivity index (χ0n) is 14.2. The number of thioether (sulfide) groups is 1. The van der Waals surface area contributed by atoms with Gasteiger partial charge in [0.25, 0.3) is 5.56 Å². The summed E-state index contributed by atoms with van der Waals surface area (Å²) in [5, 5.41) is 1.27. The van der Waals surface area contributed by atoms with E-state index in [1.54, 1.807) is 4.57 Å². The SMILES string of the molecule is CC[C@@H](C)n1c(SCC(=O)N2CCCC2)nc2ccccc2c1=O. The summed E-state index contributed by atoms with van der Waals surface area (Å²) in [7, 11) is 0. The van der Waals surface area contributed by atoms with E-state index in [1.807, 2.05) is 36.1 Å². The second kappa shape index (κ2) is 7.38. The second-order valence-corrected chi connectivity index (χ2v) is 7.16. The lowest BCUT2D eigenvalue weighted by Gasteiger charge is -2.19. The van der Waals surface area contributed by atoms with Crippen molar-refractivity contribution in [3.05, 3.63) is 34.6 Å². The van der Waals surface area contributed by atoms with Crippen molar-refractivity contribution < 1.29 is 4.79 Å². The van der Waals surface area contributed by atoms with Crippen molar-refractivity contribution >= 4 is 28.6 Å². The molecule has 0 spiro atoms. The average molecular weight is 345 g/mol. The van der Waals surface area contributed by atoms with Crippen molar-refractivity contribution in [1.82, 2.24) is 14.5 Å². The van der Waals surface area contributed by atoms with E-state index in [0.717, 1.165) is 32.4 Å². The fraction of sp³-hybridized carbons (Fsp3) is 0.500. The molecule has 1 aromatic carbocycles. The van der Waals surface area contributed by atoms with E-state index in [1.165, 1.54) is 11.8 Å². The average Bonchev–Trinajstić information content (AvgIpc) is 3.14. The number of aromatic nitrogens is 2. The fourth-order valence-electron chi connectivity index (χ4n) is 2.98. The first-order valence-electron chi connectivity index (χ1n) is 8.53. The van der Waals surface area contributed by atoms with Crippen molar-refractivity contribution in [2.75, 3.05) is 18.8 Å². The van der Waals surface area contributed by atoms with Crippen molar-refractivity contribution in [3.63, 3.8) is 0 Å². The number of hydrogen-bond donors (Lipinski definition) is 0. The largest absolute Gasteiger partial charge is 0.342 e. The van der Waals surface area contributed by atoms with Crippen LogP contribution < -0.4 is 5.56 Å². The third kappa shape index (κ3) is 3.34. The summed E-state index contributed by atoms with van der Waals surface area (Å²) in [5.41, 5.74) is 0.671. The number of rotatable bonds is 5. The van der Waals surface area contributed by atoms with Crippen LogP contribution in [0.5, 0.6) is 0 Å². The van der Waals surface area contributed by atoms with Crippen LogP contribution in [0.1, 0.15) is 39.2 Å². The summed E-state index contributed by atoms with van der Waals surface area (Å²) in [6.45, 7) is 5.77. The minimum absolute atomic E-state index is 0.0222. The van der Waals surface area contributed by atoms with Gasteiger partial charge in [-0.05, 0) is 38.3 Å². The number of benzene rings is 1. The third-order valence-electron chi connectivity index (χ3n) is 4.59. The number of nitrogens with zero attached hydrogens (tertiary/aromatic N) is 3. The van der Waals surface area contributed by atoms with Crippen LogP contribution in [0.3, 0.4) is 0 Å². The Kier molecular flexibility index (Phi) is 5.23. The number of fused-ring (bicyclic) bond motifs is 1. The molecule has 6 heteroatoms. The number of para-hydroxylation sites is 1. The second-order valence-electron chi connectivity index (χ2n) is 6.22. The van der Waals surface area contributed by atoms with Crippen molar-refractivity contribution in [3.8, 4) is 0 Å². The van der Waals surface area contributed by atoms with Gasteiger partial charge in [-0.15, -0.1) is 0 Å². The molecule has 1 atom stereocenters. The van der Waals surface area contributed by atoms with Gasteiger partial charge >= 0.3 is 0 Å². The maximum Gasteiger partial charge on any atom is 0.262 e. The first-order chi connectivity index (χ1) is 11.6. The summed E-state index contributed by atoms with van der Waals surface area (Å²) in [4.78, 5) is 31.7. The highest BCUT2D eigenvalue weighted by atomic mass is 32.2. The fourth-order valence-corrected chi connectivity index (χ4v) is 3.98. The molecule has 128 valence electrons. The van der Waals surface area contributed by atoms with E-state index in [2.05, 4.69) is 11.9 Å². The lowest BCUT2D eigenvalue weighted by Crippen LogP contribution is -2.30. The van der Waals surface area contributed by atoms with Gasteiger partial charge in [-0.1, -0.05) is 30.8 Å². The van der Waals surface area contributed by atoms with Gasteiger partial charge in [0.1, 0.15) is 0 Å². The molecular weight excluding hydrogens is 322 g/mol. The van der Waals surface area contributed by atoms with Crippen LogP contribution in [-0.2, 0) is 4.79 Å². The van der Waals surface area contributed by atoms with Crippen LogP contribution >= 0.6 is 11.8 Å². The Labute approximate surface area is 146 Å². The molecule has 0 radical (unpaired) electrons. The van der Waals surface area contributed by atoms with Gasteiger partial charge in [-0.2, -0.15) is 0 Å². The van der Waals surface area contributed by atoms with Crippen LogP contribution in [0.25, 0.3) is 10.9 Å². The molecule has 2 heterocycles. The lowest BCUT2D eigenvalue weighted by atomic mass is 10.2. The molecule has 3 rings (SSSR count). The highest BCUT2D eigenvalue weighted by molar-refractivity contribution is 7.99. The smallest absolute Gasteiger partial charge is 0.262 e. The summed E-state index contributed by atoms with van der Waals surface area (Å²) < 4.78 is 1.74. The summed E-state index contributed by atoms with van der Waals surface area (Å²) in [6, 6.07) is 7.46. The predicted molar refractivity (Wildman–Crippen MR) is 97.5 cm³/mol. The molecule has 0 aliphatic carbocycles. The molecule has 1 fully saturated rings. The number of carbonyl (C=O) groups excluding carboxylic acids is 1. The molecule has 1 aliphatic heterocycles. The first-order valence-corrected chi connectivity index (χ1v) is 9.52. The Balaban J connectivity index is 1.93. The molecule has 5 nitrogen and oxygen atoms in total. The van der Waals surface area contributed by atoms with E-state index in [0.29, 0.717) is 21.8 Å². The van der Waals surface area contributed by atoms with Gasteiger partial charge < -0.3 is 4.90 Å². The number of hydrogen-bond acceptors (Lipinski definition) is 4. The Bertz CT molecular complexity index is 796. The monoisotopic (exact) mass is 345 g/mol. The lowest BCUT2D eigenvalue weighted by molar-refractivity contribution is -0.127. The number of amides is 1. The highest BCUT2D eigenvalue weighted by Crippen LogP contribution is 2.23. The highest BCUT2D eigenvalue weighted by Gasteiger charge is 2.20. The Morgan fingerprint density at radius 3 is 2.71 bits per heavy atom. The molecule has 2 aromatic rings. The van der Waals surface area contributed by atoms with E-state index in [-0.39, 0.29) is 17.5 Å². The molecule has 0 saturated carbocycles. The minimum Gasteiger partial charge on any atom is -0.342 e. The summed E-state index contributed by atoms with van der Waals surface area (Å²) in [5.74, 6) is 0.469. The summed E-state index contributed by atoms with van der Waals surface area (Å²) >= 11 is 1.38. The van der Waals surface area contributed by atoms with E-state index >= 15 is 0 Å². The number of likely N-dealkylation sites (tertiary alicyclic amines) is 1. The Morgan fingerprint density at radius 2 is 2.00 bits per heavy atom. The predicted octanol–water partition coefficient (Wildman–Crippen LogP) is 3.08. The molecule has 24 heavy (non-hydrogen) atoms. The van der Waals surface area contributed by atoms with Gasteiger partial charge in [0, 0.05) is 19.1 Å². The molecule has 1 aromatic heterocycles. The standard InChI is InChI=1S/C18H23N3O2S/c1-3-13(2)21-17(23)14-8-4-5-9-15(14)19-18(21)24-12-16(22)20-10-6-7-11-20/h4-5,8-9,13H,3,6-7,10-12H2,1-2H3/t13-/m1/s1. The zero-order chi connectivity index (χ0) is 17.1.